The van der Waals surface area contributed by atoms with Crippen LogP contribution in [0.15, 0.2) is 53.1 Å². The molecule has 73 heavy (non-hydrogen) atoms. The fraction of sp³-hybridized carbons (Fsp3) is 0.453. The number of halogens is 3. The number of carbonyl (C=O) groups is 4. The molecule has 1 spiro atoms. The fourth-order valence-electron chi connectivity index (χ4n) is 11.6. The summed E-state index contributed by atoms with van der Waals surface area (Å²) < 4.78 is 50.6. The van der Waals surface area contributed by atoms with Gasteiger partial charge in [0.05, 0.1) is 51.0 Å². The maximum Gasteiger partial charge on any atom is 0.262 e. The number of piperidine rings is 4. The summed E-state index contributed by atoms with van der Waals surface area (Å²) in [5.74, 6) is -1.65. The highest BCUT2D eigenvalue weighted by Crippen LogP contribution is 2.46. The molecule has 0 bridgehead atoms. The van der Waals surface area contributed by atoms with Crippen LogP contribution in [-0.4, -0.2) is 121 Å². The van der Waals surface area contributed by atoms with E-state index in [1.165, 1.54) is 17.7 Å². The van der Waals surface area contributed by atoms with Gasteiger partial charge in [-0.3, -0.25) is 34.4 Å². The number of benzene rings is 3. The van der Waals surface area contributed by atoms with Crippen molar-refractivity contribution < 1.29 is 37.3 Å². The van der Waals surface area contributed by atoms with Crippen molar-refractivity contribution in [2.45, 2.75) is 77.7 Å². The van der Waals surface area contributed by atoms with Crippen LogP contribution in [0.1, 0.15) is 90.3 Å². The Morgan fingerprint density at radius 2 is 1.52 bits per heavy atom. The minimum atomic E-state index is -2.93. The second kappa shape index (κ2) is 20.0. The van der Waals surface area contributed by atoms with Crippen LogP contribution in [0.5, 0.6) is 5.75 Å². The molecule has 1 unspecified atom stereocenters. The highest BCUT2D eigenvalue weighted by molar-refractivity contribution is 9.10. The Hall–Kier alpha value is -6.04. The van der Waals surface area contributed by atoms with E-state index in [0.717, 1.165) is 100 Å². The topological polar surface area (TPSA) is 182 Å². The number of ether oxygens (including phenoxy) is 1. The Morgan fingerprint density at radius 1 is 0.836 bits per heavy atom. The number of likely N-dealkylation sites (tertiary alicyclic amines) is 1. The number of hydrogen-bond donors (Lipinski definition) is 3. The Labute approximate surface area is 431 Å². The fourth-order valence-corrected chi connectivity index (χ4v) is 13.3. The standard InChI is InChI=1S/C53H60BrF2N10O6P/c1-6-32-23-41(60-52-57-28-36(54)48(62-52)59-40-8-7-39-35(47(40)73(4,5)71)25-37(55)30(2)58-39)45(72-3)27-43(32)65-21-15-53(16-22-65)13-19-63(20-14-53)29-31-11-17-64(18-12-31)44-26-34-33(24-38(44)56)50(69)66(51(34)70)42-9-10-46(67)61-49(42)68/h7-8,23-28,31,42H,6,9-22,29H2,1-5H3,(H,61,67,68)(H2,57,59,60,62). The van der Waals surface area contributed by atoms with E-state index in [0.29, 0.717) is 74.0 Å². The lowest BCUT2D eigenvalue weighted by molar-refractivity contribution is -0.136. The summed E-state index contributed by atoms with van der Waals surface area (Å²) in [5, 5.41) is 9.89. The van der Waals surface area contributed by atoms with Crippen LogP contribution < -0.4 is 35.8 Å². The first-order chi connectivity index (χ1) is 34.9. The number of rotatable bonds is 12. The molecule has 1 atom stereocenters. The van der Waals surface area contributed by atoms with Gasteiger partial charge in [-0.25, -0.2) is 13.8 Å². The zero-order valence-corrected chi connectivity index (χ0v) is 44.2. The molecular weight excluding hydrogens is 1020 g/mol. The molecule has 5 aliphatic rings. The molecule has 4 amide bonds. The minimum Gasteiger partial charge on any atom is -0.494 e. The van der Waals surface area contributed by atoms with E-state index in [4.69, 9.17) is 9.72 Å². The van der Waals surface area contributed by atoms with Gasteiger partial charge in [-0.15, -0.1) is 0 Å². The van der Waals surface area contributed by atoms with Gasteiger partial charge in [0.1, 0.15) is 36.4 Å². The number of methoxy groups -OCH3 is 1. The number of fused-ring (bicyclic) bond motifs is 2. The molecule has 3 aromatic carbocycles. The van der Waals surface area contributed by atoms with Crippen LogP contribution >= 0.6 is 23.1 Å². The second-order valence-electron chi connectivity index (χ2n) is 20.6. The number of anilines is 6. The smallest absolute Gasteiger partial charge is 0.262 e. The average Bonchev–Trinajstić information content (AvgIpc) is 3.60. The molecule has 4 saturated heterocycles. The van der Waals surface area contributed by atoms with Gasteiger partial charge in [-0.05, 0) is 154 Å². The number of nitrogens with zero attached hydrogens (tertiary/aromatic N) is 7. The summed E-state index contributed by atoms with van der Waals surface area (Å²) in [4.78, 5) is 72.5. The molecule has 16 nitrogen and oxygen atoms in total. The molecule has 0 saturated carbocycles. The molecule has 0 aliphatic carbocycles. The van der Waals surface area contributed by atoms with E-state index in [9.17, 15) is 28.1 Å². The number of hydrogen-bond acceptors (Lipinski definition) is 14. The van der Waals surface area contributed by atoms with Crippen LogP contribution in [0.25, 0.3) is 10.9 Å². The average molecular weight is 1080 g/mol. The lowest BCUT2D eigenvalue weighted by Gasteiger charge is -2.48. The largest absolute Gasteiger partial charge is 0.494 e. The third kappa shape index (κ3) is 9.92. The van der Waals surface area contributed by atoms with Gasteiger partial charge in [0.15, 0.2) is 0 Å². The predicted octanol–water partition coefficient (Wildman–Crippen LogP) is 8.68. The van der Waals surface area contributed by atoms with Crippen molar-refractivity contribution in [2.24, 2.45) is 11.3 Å². The summed E-state index contributed by atoms with van der Waals surface area (Å²) in [6, 6.07) is 10.7. The van der Waals surface area contributed by atoms with Crippen molar-refractivity contribution in [2.75, 3.05) is 86.7 Å². The van der Waals surface area contributed by atoms with Gasteiger partial charge in [0.2, 0.25) is 17.8 Å². The summed E-state index contributed by atoms with van der Waals surface area (Å²) in [6.45, 7) is 13.3. The van der Waals surface area contributed by atoms with E-state index in [2.05, 4.69) is 70.7 Å². The lowest BCUT2D eigenvalue weighted by atomic mass is 9.71. The SMILES string of the molecule is CCc1cc(Nc2ncc(Br)c(Nc3ccc4nc(C)c(F)cc4c3P(C)(C)=O)n2)c(OC)cc1N1CCC2(CCN(CC3CCN(c4cc5c(cc4F)C(=O)N(C4CCC(=O)NC4=O)C5=O)CC3)CC2)CC1. The molecular formula is C53H60BrF2N10O6P. The van der Waals surface area contributed by atoms with Gasteiger partial charge in [-0.2, -0.15) is 4.98 Å². The molecule has 4 fully saturated rings. The molecule has 20 heteroatoms. The van der Waals surface area contributed by atoms with E-state index < -0.39 is 48.4 Å². The van der Waals surface area contributed by atoms with Gasteiger partial charge in [-0.1, -0.05) is 6.92 Å². The second-order valence-corrected chi connectivity index (χ2v) is 24.6. The summed E-state index contributed by atoms with van der Waals surface area (Å²) in [5.41, 5.74) is 5.05. The normalized spacial score (nSPS) is 19.7. The third-order valence-corrected chi connectivity index (χ3v) is 17.9. The van der Waals surface area contributed by atoms with Gasteiger partial charge >= 0.3 is 0 Å². The van der Waals surface area contributed by atoms with Crippen molar-refractivity contribution in [1.82, 2.24) is 30.1 Å². The first-order valence-corrected chi connectivity index (χ1v) is 28.5. The van der Waals surface area contributed by atoms with Gasteiger partial charge in [0.25, 0.3) is 11.8 Å². The van der Waals surface area contributed by atoms with E-state index in [1.807, 2.05) is 4.90 Å². The predicted molar refractivity (Wildman–Crippen MR) is 282 cm³/mol. The monoisotopic (exact) mass is 1080 g/mol. The molecule has 3 N–H and O–H groups in total. The Balaban J connectivity index is 0.736. The highest BCUT2D eigenvalue weighted by atomic mass is 79.9. The molecule has 5 aliphatic heterocycles. The number of aryl methyl sites for hydroxylation is 2. The molecule has 2 aromatic heterocycles. The molecule has 0 radical (unpaired) electrons. The first kappa shape index (κ1) is 50.5. The van der Waals surface area contributed by atoms with Crippen molar-refractivity contribution in [3.8, 4) is 5.75 Å². The first-order valence-electron chi connectivity index (χ1n) is 25.1. The molecule has 384 valence electrons. The van der Waals surface area contributed by atoms with E-state index in [1.54, 1.807) is 45.7 Å². The molecule has 7 heterocycles. The van der Waals surface area contributed by atoms with Crippen LogP contribution in [-0.2, 0) is 20.6 Å². The third-order valence-electron chi connectivity index (χ3n) is 15.7. The maximum absolute atomic E-state index is 15.6. The lowest BCUT2D eigenvalue weighted by Crippen LogP contribution is -2.54. The highest BCUT2D eigenvalue weighted by Gasteiger charge is 2.46. The molecule has 10 rings (SSSR count). The molecule has 5 aromatic rings. The zero-order chi connectivity index (χ0) is 51.5. The van der Waals surface area contributed by atoms with Gasteiger partial charge in [0, 0.05) is 67.8 Å². The van der Waals surface area contributed by atoms with Crippen LogP contribution in [0.4, 0.5) is 43.3 Å². The van der Waals surface area contributed by atoms with Gasteiger partial charge < -0.3 is 34.6 Å². The number of pyridine rings is 1. The number of imide groups is 2. The number of carbonyl (C=O) groups excluding carboxylic acids is 4. The Kier molecular flexibility index (Phi) is 13.8. The van der Waals surface area contributed by atoms with Crippen LogP contribution in [0, 0.1) is 29.9 Å². The summed E-state index contributed by atoms with van der Waals surface area (Å²) in [7, 11) is -1.27. The minimum absolute atomic E-state index is 0.0183. The van der Waals surface area contributed by atoms with Crippen molar-refractivity contribution in [3.63, 3.8) is 0 Å². The number of aromatic nitrogens is 3. The Morgan fingerprint density at radius 3 is 2.19 bits per heavy atom. The summed E-state index contributed by atoms with van der Waals surface area (Å²) in [6.07, 6.45) is 8.77. The van der Waals surface area contributed by atoms with E-state index >= 15 is 4.39 Å². The van der Waals surface area contributed by atoms with Crippen molar-refractivity contribution >= 4 is 97.4 Å². The van der Waals surface area contributed by atoms with Crippen molar-refractivity contribution in [3.05, 3.63) is 87.2 Å². The summed E-state index contributed by atoms with van der Waals surface area (Å²) >= 11 is 3.58. The quantitative estimate of drug-likeness (QED) is 0.0797. The van der Waals surface area contributed by atoms with E-state index in [-0.39, 0.29) is 29.7 Å². The van der Waals surface area contributed by atoms with Crippen molar-refractivity contribution in [1.29, 1.82) is 0 Å². The van der Waals surface area contributed by atoms with Crippen LogP contribution in [0.2, 0.25) is 0 Å². The Bertz CT molecular complexity index is 3110. The number of amides is 4. The maximum atomic E-state index is 15.6. The van der Waals surface area contributed by atoms with Crippen LogP contribution in [0.3, 0.4) is 0 Å². The zero-order valence-electron chi connectivity index (χ0n) is 41.7. The number of nitrogens with one attached hydrogen (secondary N) is 3.